The Morgan fingerprint density at radius 1 is 1.38 bits per heavy atom. The fraction of sp³-hybridized carbons (Fsp3) is 0.273. The third kappa shape index (κ3) is 3.98. The third-order valence-corrected chi connectivity index (χ3v) is 1.73. The van der Waals surface area contributed by atoms with E-state index in [1.165, 1.54) is 4.90 Å². The molecule has 0 aliphatic rings. The second-order valence-corrected chi connectivity index (χ2v) is 3.63. The Balaban J connectivity index is 2.66. The summed E-state index contributed by atoms with van der Waals surface area (Å²) >= 11 is 5.81. The van der Waals surface area contributed by atoms with E-state index in [2.05, 4.69) is 25.9 Å². The topological polar surface area (TPSA) is 4.44 Å². The highest BCUT2D eigenvalue weighted by Crippen LogP contribution is 2.08. The molecule has 1 aromatic rings. The van der Waals surface area contributed by atoms with Crippen molar-refractivity contribution in [3.05, 3.63) is 34.9 Å². The average Bonchev–Trinajstić information content (AvgIpc) is 2.03. The summed E-state index contributed by atoms with van der Waals surface area (Å²) in [6, 6.07) is 7.60. The van der Waals surface area contributed by atoms with Crippen molar-refractivity contribution in [2.45, 2.75) is 0 Å². The zero-order valence-electron chi connectivity index (χ0n) is 7.89. The van der Waals surface area contributed by atoms with Crippen LogP contribution in [0, 0.1) is 11.8 Å². The fourth-order valence-electron chi connectivity index (χ4n) is 0.889. The molecule has 0 spiro atoms. The molecule has 0 radical (unpaired) electrons. The van der Waals surface area contributed by atoms with Crippen molar-refractivity contribution >= 4 is 11.6 Å². The second kappa shape index (κ2) is 4.91. The van der Waals surface area contributed by atoms with Crippen LogP contribution in [0.25, 0.3) is 0 Å². The lowest BCUT2D eigenvalue weighted by atomic mass is 10.2. The van der Waals surface area contributed by atoms with Crippen molar-refractivity contribution in [3.63, 3.8) is 0 Å². The summed E-state index contributed by atoms with van der Waals surface area (Å²) in [7, 11) is 4.15. The predicted molar refractivity (Wildman–Crippen MR) is 56.0 cm³/mol. The summed E-state index contributed by atoms with van der Waals surface area (Å²) in [6.45, 7) is 0.854. The zero-order valence-corrected chi connectivity index (χ0v) is 8.65. The first-order valence-electron chi connectivity index (χ1n) is 4.22. The van der Waals surface area contributed by atoms with E-state index >= 15 is 0 Å². The van der Waals surface area contributed by atoms with Gasteiger partial charge in [-0.2, -0.15) is 0 Å². The zero-order chi connectivity index (χ0) is 9.68. The van der Waals surface area contributed by atoms with Crippen molar-refractivity contribution in [2.24, 2.45) is 0 Å². The van der Waals surface area contributed by atoms with Gasteiger partial charge in [0.25, 0.3) is 0 Å². The fourth-order valence-corrected chi connectivity index (χ4v) is 1.08. The molecule has 13 heavy (non-hydrogen) atoms. The number of halogens is 1. The third-order valence-electron chi connectivity index (χ3n) is 1.50. The summed E-state index contributed by atoms with van der Waals surface area (Å²) in [5.41, 5.74) is 0.980. The minimum absolute atomic E-state index is 0.740. The molecule has 0 fully saturated rings. The van der Waals surface area contributed by atoms with Crippen LogP contribution < -0.4 is 4.90 Å². The number of rotatable bonds is 1. The predicted octanol–water partition coefficient (Wildman–Crippen LogP) is 0.836. The molecular weight excluding hydrogens is 182 g/mol. The lowest BCUT2D eigenvalue weighted by molar-refractivity contribution is -0.850. The van der Waals surface area contributed by atoms with E-state index in [0.717, 1.165) is 17.1 Å². The first-order valence-corrected chi connectivity index (χ1v) is 4.60. The average molecular weight is 195 g/mol. The van der Waals surface area contributed by atoms with Gasteiger partial charge >= 0.3 is 0 Å². The van der Waals surface area contributed by atoms with Crippen molar-refractivity contribution in [3.8, 4) is 11.8 Å². The van der Waals surface area contributed by atoms with Crippen LogP contribution in [-0.2, 0) is 0 Å². The normalized spacial score (nSPS) is 9.54. The number of hydrogen-bond donors (Lipinski definition) is 1. The Hall–Kier alpha value is -0.970. The van der Waals surface area contributed by atoms with Gasteiger partial charge in [0, 0.05) is 10.6 Å². The molecule has 0 amide bonds. The van der Waals surface area contributed by atoms with Crippen LogP contribution in [0.4, 0.5) is 0 Å². The highest BCUT2D eigenvalue weighted by Gasteiger charge is 1.89. The summed E-state index contributed by atoms with van der Waals surface area (Å²) in [6.07, 6.45) is 0. The molecule has 0 bridgehead atoms. The van der Waals surface area contributed by atoms with Crippen LogP contribution in [0.1, 0.15) is 5.56 Å². The monoisotopic (exact) mass is 194 g/mol. The summed E-state index contributed by atoms with van der Waals surface area (Å²) < 4.78 is 0. The van der Waals surface area contributed by atoms with Crippen molar-refractivity contribution < 1.29 is 4.90 Å². The van der Waals surface area contributed by atoms with E-state index in [-0.39, 0.29) is 0 Å². The maximum Gasteiger partial charge on any atom is 0.139 e. The van der Waals surface area contributed by atoms with Crippen molar-refractivity contribution in [1.29, 1.82) is 0 Å². The molecule has 0 aliphatic carbocycles. The molecule has 2 heteroatoms. The van der Waals surface area contributed by atoms with Crippen LogP contribution in [0.15, 0.2) is 24.3 Å². The Labute approximate surface area is 84.3 Å². The Kier molecular flexibility index (Phi) is 3.82. The quantitative estimate of drug-likeness (QED) is 0.632. The van der Waals surface area contributed by atoms with E-state index in [1.54, 1.807) is 0 Å². The van der Waals surface area contributed by atoms with E-state index in [1.807, 2.05) is 24.3 Å². The number of quaternary nitrogens is 1. The molecule has 0 saturated carbocycles. The lowest BCUT2D eigenvalue weighted by Crippen LogP contribution is -3.05. The van der Waals surface area contributed by atoms with E-state index in [4.69, 9.17) is 11.6 Å². The molecule has 1 N–H and O–H groups in total. The van der Waals surface area contributed by atoms with Gasteiger partial charge in [-0.15, -0.1) is 0 Å². The molecule has 0 aliphatic heterocycles. The summed E-state index contributed by atoms with van der Waals surface area (Å²) in [5, 5.41) is 0.740. The SMILES string of the molecule is C[NH+](C)CC#Cc1cccc(Cl)c1. The van der Waals surface area contributed by atoms with E-state index in [9.17, 15) is 0 Å². The second-order valence-electron chi connectivity index (χ2n) is 3.20. The molecule has 1 nitrogen and oxygen atoms in total. The summed E-state index contributed by atoms with van der Waals surface area (Å²) in [4.78, 5) is 1.33. The Morgan fingerprint density at radius 2 is 2.15 bits per heavy atom. The van der Waals surface area contributed by atoms with E-state index in [0.29, 0.717) is 0 Å². The van der Waals surface area contributed by atoms with E-state index < -0.39 is 0 Å². The van der Waals surface area contributed by atoms with Gasteiger partial charge in [-0.1, -0.05) is 23.6 Å². The number of hydrogen-bond acceptors (Lipinski definition) is 0. The van der Waals surface area contributed by atoms with Gasteiger partial charge in [-0.25, -0.2) is 0 Å². The first-order chi connectivity index (χ1) is 6.18. The summed E-state index contributed by atoms with van der Waals surface area (Å²) in [5.74, 6) is 6.14. The van der Waals surface area contributed by atoms with Crippen molar-refractivity contribution in [1.82, 2.24) is 0 Å². The molecule has 0 atom stereocenters. The highest BCUT2D eigenvalue weighted by molar-refractivity contribution is 6.30. The minimum Gasteiger partial charge on any atom is -0.330 e. The van der Waals surface area contributed by atoms with Gasteiger partial charge in [0.1, 0.15) is 6.54 Å². The smallest absolute Gasteiger partial charge is 0.139 e. The largest absolute Gasteiger partial charge is 0.330 e. The Bertz CT molecular complexity index is 333. The Morgan fingerprint density at radius 3 is 2.77 bits per heavy atom. The van der Waals surface area contributed by atoms with Crippen LogP contribution in [0.5, 0.6) is 0 Å². The first kappa shape index (κ1) is 10.1. The van der Waals surface area contributed by atoms with Crippen LogP contribution in [0.3, 0.4) is 0 Å². The maximum absolute atomic E-state index is 5.81. The molecular formula is C11H13ClN+. The molecule has 0 saturated heterocycles. The highest BCUT2D eigenvalue weighted by atomic mass is 35.5. The van der Waals surface area contributed by atoms with Gasteiger partial charge in [-0.3, -0.25) is 0 Å². The molecule has 68 valence electrons. The molecule has 0 heterocycles. The van der Waals surface area contributed by atoms with Crippen molar-refractivity contribution in [2.75, 3.05) is 20.6 Å². The van der Waals surface area contributed by atoms with Gasteiger partial charge < -0.3 is 4.90 Å². The van der Waals surface area contributed by atoms with Crippen LogP contribution in [0.2, 0.25) is 5.02 Å². The lowest BCUT2D eigenvalue weighted by Gasteiger charge is -1.98. The molecule has 1 aromatic carbocycles. The molecule has 1 rings (SSSR count). The maximum atomic E-state index is 5.81. The number of benzene rings is 1. The van der Waals surface area contributed by atoms with Crippen LogP contribution in [-0.4, -0.2) is 20.6 Å². The molecule has 0 unspecified atom stereocenters. The van der Waals surface area contributed by atoms with Crippen LogP contribution >= 0.6 is 11.6 Å². The van der Waals surface area contributed by atoms with Gasteiger partial charge in [0.2, 0.25) is 0 Å². The van der Waals surface area contributed by atoms with Gasteiger partial charge in [0.05, 0.1) is 14.1 Å². The van der Waals surface area contributed by atoms with Gasteiger partial charge in [0.15, 0.2) is 0 Å². The standard InChI is InChI=1S/C11H12ClN/c1-13(2)8-4-6-10-5-3-7-11(12)9-10/h3,5,7,9H,8H2,1-2H3/p+1. The molecule has 0 aromatic heterocycles. The minimum atomic E-state index is 0.740. The number of nitrogens with one attached hydrogen (secondary N) is 1. The van der Waals surface area contributed by atoms with Gasteiger partial charge in [-0.05, 0) is 24.1 Å².